The summed E-state index contributed by atoms with van der Waals surface area (Å²) in [6, 6.07) is 4.13. The number of hydrogen-bond acceptors (Lipinski definition) is 0. The zero-order valence-electron chi connectivity index (χ0n) is 17.2. The minimum atomic E-state index is -0.466. The molecule has 0 nitrogen and oxygen atoms in total. The molecule has 0 spiro atoms. The van der Waals surface area contributed by atoms with Gasteiger partial charge in [-0.15, -0.1) is 0 Å². The largest absolute Gasteiger partial charge is 0.207 e. The lowest BCUT2D eigenvalue weighted by molar-refractivity contribution is 0.155. The van der Waals surface area contributed by atoms with Gasteiger partial charge in [-0.25, -0.2) is 8.78 Å². The summed E-state index contributed by atoms with van der Waals surface area (Å²) in [7, 11) is 0. The monoisotopic (exact) mass is 376 g/mol. The van der Waals surface area contributed by atoms with Crippen LogP contribution < -0.4 is 0 Å². The maximum absolute atomic E-state index is 14.1. The summed E-state index contributed by atoms with van der Waals surface area (Å²) in [4.78, 5) is 0. The number of halogens is 2. The summed E-state index contributed by atoms with van der Waals surface area (Å²) >= 11 is 0. The molecule has 2 fully saturated rings. The van der Waals surface area contributed by atoms with Crippen LogP contribution >= 0.6 is 0 Å². The SMILES string of the molecule is CCCCCCCC1CCC(C2CCC(c3ccc(F)cc3F)CC2)CC1. The lowest BCUT2D eigenvalue weighted by Crippen LogP contribution is -2.25. The van der Waals surface area contributed by atoms with Gasteiger partial charge in [0.15, 0.2) is 0 Å². The molecule has 0 atom stereocenters. The first-order valence-electron chi connectivity index (χ1n) is 11.6. The summed E-state index contributed by atoms with van der Waals surface area (Å²) in [6.07, 6.45) is 18.8. The Balaban J connectivity index is 1.37. The minimum absolute atomic E-state index is 0.293. The Morgan fingerprint density at radius 1 is 0.778 bits per heavy atom. The molecule has 0 saturated heterocycles. The van der Waals surface area contributed by atoms with E-state index < -0.39 is 5.82 Å². The number of hydrogen-bond donors (Lipinski definition) is 0. The second kappa shape index (κ2) is 10.6. The van der Waals surface area contributed by atoms with Gasteiger partial charge in [0.1, 0.15) is 11.6 Å². The molecule has 3 rings (SSSR count). The predicted molar refractivity (Wildman–Crippen MR) is 110 cm³/mol. The molecule has 0 radical (unpaired) electrons. The highest BCUT2D eigenvalue weighted by atomic mass is 19.1. The van der Waals surface area contributed by atoms with E-state index in [0.29, 0.717) is 5.92 Å². The quantitative estimate of drug-likeness (QED) is 0.399. The van der Waals surface area contributed by atoms with Crippen LogP contribution in [0.5, 0.6) is 0 Å². The Morgan fingerprint density at radius 2 is 1.41 bits per heavy atom. The van der Waals surface area contributed by atoms with Crippen LogP contribution in [-0.2, 0) is 0 Å². The smallest absolute Gasteiger partial charge is 0.129 e. The molecule has 0 aliphatic heterocycles. The zero-order valence-corrected chi connectivity index (χ0v) is 17.2. The van der Waals surface area contributed by atoms with Crippen molar-refractivity contribution in [2.75, 3.05) is 0 Å². The average Bonchev–Trinajstić information content (AvgIpc) is 2.69. The van der Waals surface area contributed by atoms with E-state index in [1.807, 2.05) is 0 Å². The van der Waals surface area contributed by atoms with Gasteiger partial charge in [-0.3, -0.25) is 0 Å². The standard InChI is InChI=1S/C25H38F2/c1-2-3-4-5-6-7-19-8-10-20(11-9-19)21-12-14-22(15-13-21)24-17-16-23(26)18-25(24)27/h16-22H,2-15H2,1H3. The minimum Gasteiger partial charge on any atom is -0.207 e. The predicted octanol–water partition coefficient (Wildman–Crippen LogP) is 8.41. The fourth-order valence-electron chi connectivity index (χ4n) is 5.72. The van der Waals surface area contributed by atoms with Gasteiger partial charge in [-0.1, -0.05) is 64.4 Å². The molecule has 0 aromatic heterocycles. The highest BCUT2D eigenvalue weighted by Crippen LogP contribution is 2.44. The first kappa shape index (κ1) is 20.8. The van der Waals surface area contributed by atoms with E-state index in [0.717, 1.165) is 42.2 Å². The third-order valence-corrected chi connectivity index (χ3v) is 7.45. The molecule has 0 amide bonds. The molecule has 27 heavy (non-hydrogen) atoms. The van der Waals surface area contributed by atoms with Crippen LogP contribution in [0.4, 0.5) is 8.78 Å². The van der Waals surface area contributed by atoms with Gasteiger partial charge < -0.3 is 0 Å². The molecule has 152 valence electrons. The number of benzene rings is 1. The van der Waals surface area contributed by atoms with E-state index in [-0.39, 0.29) is 5.82 Å². The Morgan fingerprint density at radius 3 is 2.04 bits per heavy atom. The summed E-state index contributed by atoms with van der Waals surface area (Å²) < 4.78 is 27.2. The summed E-state index contributed by atoms with van der Waals surface area (Å²) in [5.41, 5.74) is 0.738. The van der Waals surface area contributed by atoms with Gasteiger partial charge >= 0.3 is 0 Å². The lowest BCUT2D eigenvalue weighted by Gasteiger charge is -2.38. The van der Waals surface area contributed by atoms with Gasteiger partial charge in [0.2, 0.25) is 0 Å². The molecule has 2 aliphatic rings. The van der Waals surface area contributed by atoms with Crippen LogP contribution in [0.25, 0.3) is 0 Å². The first-order valence-corrected chi connectivity index (χ1v) is 11.6. The van der Waals surface area contributed by atoms with Crippen LogP contribution in [-0.4, -0.2) is 0 Å². The Bertz CT molecular complexity index is 551. The third-order valence-electron chi connectivity index (χ3n) is 7.45. The molecule has 1 aromatic rings. The van der Waals surface area contributed by atoms with Crippen molar-refractivity contribution in [3.8, 4) is 0 Å². The van der Waals surface area contributed by atoms with Crippen LogP contribution in [0.2, 0.25) is 0 Å². The van der Waals surface area contributed by atoms with E-state index in [9.17, 15) is 8.78 Å². The van der Waals surface area contributed by atoms with Crippen molar-refractivity contribution in [3.63, 3.8) is 0 Å². The van der Waals surface area contributed by atoms with E-state index in [4.69, 9.17) is 0 Å². The number of rotatable bonds is 8. The maximum Gasteiger partial charge on any atom is 0.129 e. The summed E-state index contributed by atoms with van der Waals surface area (Å²) in [5.74, 6) is 2.20. The number of unbranched alkanes of at least 4 members (excludes halogenated alkanes) is 4. The van der Waals surface area contributed by atoms with Crippen molar-refractivity contribution in [2.45, 2.75) is 103 Å². The van der Waals surface area contributed by atoms with Crippen LogP contribution in [0.1, 0.15) is 108 Å². The molecule has 2 heteroatoms. The van der Waals surface area contributed by atoms with Crippen LogP contribution in [0, 0.1) is 29.4 Å². The highest BCUT2D eigenvalue weighted by molar-refractivity contribution is 5.23. The molecular formula is C25H38F2. The Hall–Kier alpha value is -0.920. The Labute approximate surface area is 165 Å². The fraction of sp³-hybridized carbons (Fsp3) is 0.760. The molecule has 2 aliphatic carbocycles. The van der Waals surface area contributed by atoms with E-state index in [1.165, 1.54) is 83.1 Å². The third kappa shape index (κ3) is 6.03. The summed E-state index contributed by atoms with van der Waals surface area (Å²) in [5, 5.41) is 0. The van der Waals surface area contributed by atoms with Gasteiger partial charge in [-0.05, 0) is 73.8 Å². The highest BCUT2D eigenvalue weighted by Gasteiger charge is 2.31. The molecule has 1 aromatic carbocycles. The van der Waals surface area contributed by atoms with E-state index in [1.54, 1.807) is 6.07 Å². The van der Waals surface area contributed by atoms with Crippen molar-refractivity contribution >= 4 is 0 Å². The van der Waals surface area contributed by atoms with Crippen LogP contribution in [0.3, 0.4) is 0 Å². The topological polar surface area (TPSA) is 0 Å². The first-order chi connectivity index (χ1) is 13.2. The molecule has 0 N–H and O–H groups in total. The van der Waals surface area contributed by atoms with Crippen molar-refractivity contribution < 1.29 is 8.78 Å². The molecule has 0 bridgehead atoms. The van der Waals surface area contributed by atoms with E-state index in [2.05, 4.69) is 6.92 Å². The average molecular weight is 377 g/mol. The second-order valence-electron chi connectivity index (χ2n) is 9.26. The van der Waals surface area contributed by atoms with Gasteiger partial charge in [0.05, 0.1) is 0 Å². The molecule has 0 unspecified atom stereocenters. The lowest BCUT2D eigenvalue weighted by atomic mass is 9.68. The molecule has 0 heterocycles. The van der Waals surface area contributed by atoms with Gasteiger partial charge in [-0.2, -0.15) is 0 Å². The van der Waals surface area contributed by atoms with Crippen molar-refractivity contribution in [3.05, 3.63) is 35.4 Å². The Kier molecular flexibility index (Phi) is 8.15. The van der Waals surface area contributed by atoms with Crippen molar-refractivity contribution in [1.82, 2.24) is 0 Å². The van der Waals surface area contributed by atoms with Gasteiger partial charge in [0, 0.05) is 6.07 Å². The second-order valence-corrected chi connectivity index (χ2v) is 9.26. The van der Waals surface area contributed by atoms with E-state index >= 15 is 0 Å². The zero-order chi connectivity index (χ0) is 19.1. The van der Waals surface area contributed by atoms with Crippen molar-refractivity contribution in [2.24, 2.45) is 17.8 Å². The fourth-order valence-corrected chi connectivity index (χ4v) is 5.72. The maximum atomic E-state index is 14.1. The van der Waals surface area contributed by atoms with Crippen LogP contribution in [0.15, 0.2) is 18.2 Å². The molecular weight excluding hydrogens is 338 g/mol. The summed E-state index contributed by atoms with van der Waals surface area (Å²) in [6.45, 7) is 2.28. The normalized spacial score (nSPS) is 29.0. The van der Waals surface area contributed by atoms with Crippen molar-refractivity contribution in [1.29, 1.82) is 0 Å². The van der Waals surface area contributed by atoms with Gasteiger partial charge in [0.25, 0.3) is 0 Å². The molecule has 2 saturated carbocycles.